The van der Waals surface area contributed by atoms with Gasteiger partial charge in [0.25, 0.3) is 0 Å². The third-order valence-corrected chi connectivity index (χ3v) is 5.14. The Morgan fingerprint density at radius 1 is 1.30 bits per heavy atom. The molecule has 0 spiro atoms. The normalized spacial score (nSPS) is 12.2. The van der Waals surface area contributed by atoms with Crippen molar-refractivity contribution in [3.05, 3.63) is 63.7 Å². The highest BCUT2D eigenvalue weighted by atomic mass is 35.5. The number of amides is 1. The van der Waals surface area contributed by atoms with E-state index in [9.17, 15) is 4.79 Å². The van der Waals surface area contributed by atoms with Crippen LogP contribution in [0.25, 0.3) is 0 Å². The molecular weight excluding hydrogens is 385 g/mol. The lowest BCUT2D eigenvalue weighted by Crippen LogP contribution is -2.27. The lowest BCUT2D eigenvalue weighted by atomic mass is 10.2. The second-order valence-corrected chi connectivity index (χ2v) is 7.21. The summed E-state index contributed by atoms with van der Waals surface area (Å²) in [5.41, 5.74) is 3.17. The molecule has 1 atom stereocenters. The number of hydrogen-bond acceptors (Lipinski definition) is 3. The molecule has 0 saturated heterocycles. The zero-order valence-electron chi connectivity index (χ0n) is 15.4. The van der Waals surface area contributed by atoms with E-state index in [0.717, 1.165) is 17.0 Å². The van der Waals surface area contributed by atoms with Crippen molar-refractivity contribution in [2.24, 2.45) is 0 Å². The first-order valence-corrected chi connectivity index (χ1v) is 9.43. The molecule has 2 heterocycles. The predicted molar refractivity (Wildman–Crippen MR) is 107 cm³/mol. The third-order valence-electron chi connectivity index (χ3n) is 4.36. The summed E-state index contributed by atoms with van der Waals surface area (Å²) < 4.78 is 3.44. The van der Waals surface area contributed by atoms with E-state index in [4.69, 9.17) is 23.2 Å². The minimum atomic E-state index is -0.438. The largest absolute Gasteiger partial charge is 0.322 e. The van der Waals surface area contributed by atoms with Gasteiger partial charge in [-0.3, -0.25) is 14.2 Å². The van der Waals surface area contributed by atoms with Crippen LogP contribution >= 0.6 is 23.2 Å². The average molecular weight is 406 g/mol. The number of hydrogen-bond donors (Lipinski definition) is 1. The second kappa shape index (κ2) is 8.15. The quantitative estimate of drug-likeness (QED) is 0.649. The van der Waals surface area contributed by atoms with E-state index < -0.39 is 6.04 Å². The van der Waals surface area contributed by atoms with Crippen LogP contribution in [0.15, 0.2) is 36.7 Å². The van der Waals surface area contributed by atoms with Crippen LogP contribution in [0.4, 0.5) is 5.69 Å². The molecule has 2 aromatic heterocycles. The second-order valence-electron chi connectivity index (χ2n) is 6.40. The van der Waals surface area contributed by atoms with E-state index in [0.29, 0.717) is 28.7 Å². The number of halogens is 2. The van der Waals surface area contributed by atoms with E-state index in [1.54, 1.807) is 21.8 Å². The van der Waals surface area contributed by atoms with Crippen molar-refractivity contribution in [2.45, 2.75) is 39.8 Å². The van der Waals surface area contributed by atoms with E-state index >= 15 is 0 Å². The van der Waals surface area contributed by atoms with E-state index in [1.165, 1.54) is 0 Å². The molecule has 0 bridgehead atoms. The molecule has 0 saturated carbocycles. The molecule has 0 aliphatic heterocycles. The average Bonchev–Trinajstić information content (AvgIpc) is 3.16. The summed E-state index contributed by atoms with van der Waals surface area (Å²) in [5.74, 6) is -0.151. The zero-order valence-corrected chi connectivity index (χ0v) is 16.9. The number of nitrogens with zero attached hydrogens (tertiary/aromatic N) is 4. The maximum atomic E-state index is 12.8. The first kappa shape index (κ1) is 19.5. The van der Waals surface area contributed by atoms with Gasteiger partial charge in [-0.2, -0.15) is 10.2 Å². The van der Waals surface area contributed by atoms with Gasteiger partial charge in [0.1, 0.15) is 6.04 Å². The maximum Gasteiger partial charge on any atom is 0.249 e. The van der Waals surface area contributed by atoms with Gasteiger partial charge in [0, 0.05) is 11.2 Å². The molecule has 8 heteroatoms. The molecule has 0 aliphatic rings. The molecule has 142 valence electrons. The summed E-state index contributed by atoms with van der Waals surface area (Å²) in [6.45, 7) is 6.20. The lowest BCUT2D eigenvalue weighted by molar-refractivity contribution is -0.119. The van der Waals surface area contributed by atoms with Gasteiger partial charge < -0.3 is 5.32 Å². The Morgan fingerprint density at radius 2 is 2.07 bits per heavy atom. The van der Waals surface area contributed by atoms with Crippen molar-refractivity contribution < 1.29 is 4.79 Å². The fraction of sp³-hybridized carbons (Fsp3) is 0.316. The Balaban J connectivity index is 1.72. The van der Waals surface area contributed by atoms with Gasteiger partial charge in [0.2, 0.25) is 5.91 Å². The Hall–Kier alpha value is -2.31. The van der Waals surface area contributed by atoms with Gasteiger partial charge >= 0.3 is 0 Å². The molecular formula is C19H21Cl2N5O. The molecule has 3 rings (SSSR count). The zero-order chi connectivity index (χ0) is 19.6. The summed E-state index contributed by atoms with van der Waals surface area (Å²) in [6, 6.07) is 7.16. The minimum Gasteiger partial charge on any atom is -0.322 e. The summed E-state index contributed by atoms with van der Waals surface area (Å²) in [6.07, 6.45) is 4.02. The topological polar surface area (TPSA) is 64.7 Å². The van der Waals surface area contributed by atoms with Crippen LogP contribution < -0.4 is 5.32 Å². The van der Waals surface area contributed by atoms with Crippen LogP contribution in [-0.2, 0) is 11.3 Å². The number of nitrogens with one attached hydrogen (secondary N) is 1. The fourth-order valence-electron chi connectivity index (χ4n) is 2.98. The molecule has 0 radical (unpaired) electrons. The van der Waals surface area contributed by atoms with Crippen molar-refractivity contribution in [1.82, 2.24) is 19.6 Å². The van der Waals surface area contributed by atoms with E-state index in [2.05, 4.69) is 15.5 Å². The van der Waals surface area contributed by atoms with Gasteiger partial charge in [-0.1, -0.05) is 42.3 Å². The van der Waals surface area contributed by atoms with Crippen molar-refractivity contribution >= 4 is 34.8 Å². The van der Waals surface area contributed by atoms with Crippen LogP contribution in [0.5, 0.6) is 0 Å². The molecule has 3 aromatic rings. The van der Waals surface area contributed by atoms with Crippen LogP contribution in [0.1, 0.15) is 36.3 Å². The molecule has 0 fully saturated rings. The van der Waals surface area contributed by atoms with Gasteiger partial charge in [-0.15, -0.1) is 0 Å². The monoisotopic (exact) mass is 405 g/mol. The number of aryl methyl sites for hydroxylation is 1. The van der Waals surface area contributed by atoms with Crippen LogP contribution in [0, 0.1) is 13.8 Å². The first-order valence-electron chi connectivity index (χ1n) is 8.68. The highest BCUT2D eigenvalue weighted by Gasteiger charge is 2.23. The molecule has 27 heavy (non-hydrogen) atoms. The summed E-state index contributed by atoms with van der Waals surface area (Å²) in [4.78, 5) is 12.8. The summed E-state index contributed by atoms with van der Waals surface area (Å²) >= 11 is 12.2. The number of aromatic nitrogens is 4. The maximum absolute atomic E-state index is 12.8. The van der Waals surface area contributed by atoms with Crippen molar-refractivity contribution in [1.29, 1.82) is 0 Å². The van der Waals surface area contributed by atoms with E-state index in [1.807, 2.05) is 45.0 Å². The smallest absolute Gasteiger partial charge is 0.249 e. The lowest BCUT2D eigenvalue weighted by Gasteiger charge is -2.16. The van der Waals surface area contributed by atoms with Gasteiger partial charge in [-0.25, -0.2) is 0 Å². The van der Waals surface area contributed by atoms with Crippen LogP contribution in [0.3, 0.4) is 0 Å². The fourth-order valence-corrected chi connectivity index (χ4v) is 3.32. The van der Waals surface area contributed by atoms with Crippen LogP contribution in [0.2, 0.25) is 10.0 Å². The van der Waals surface area contributed by atoms with Crippen molar-refractivity contribution in [3.63, 3.8) is 0 Å². The molecule has 1 amide bonds. The molecule has 0 aliphatic carbocycles. The minimum absolute atomic E-state index is 0.151. The highest BCUT2D eigenvalue weighted by molar-refractivity contribution is 6.31. The Morgan fingerprint density at radius 3 is 2.70 bits per heavy atom. The number of carbonyl (C=O) groups excluding carboxylic acids is 1. The standard InChI is InChI=1S/C19H21Cl2N5O/c1-4-17(26-13(3)18(21)12(2)24-26)19(27)23-16-9-22-25(11-16)10-14-6-5-7-15(20)8-14/h5-9,11,17H,4,10H2,1-3H3,(H,23,27). The molecule has 6 nitrogen and oxygen atoms in total. The SMILES string of the molecule is CCC(C(=O)Nc1cnn(Cc2cccc(Cl)c2)c1)n1nc(C)c(Cl)c1C. The highest BCUT2D eigenvalue weighted by Crippen LogP contribution is 2.24. The first-order chi connectivity index (χ1) is 12.9. The van der Waals surface area contributed by atoms with Crippen molar-refractivity contribution in [3.8, 4) is 0 Å². The van der Waals surface area contributed by atoms with Gasteiger partial charge in [-0.05, 0) is 38.0 Å². The van der Waals surface area contributed by atoms with Crippen LogP contribution in [-0.4, -0.2) is 25.5 Å². The van der Waals surface area contributed by atoms with E-state index in [-0.39, 0.29) is 5.91 Å². The number of carbonyl (C=O) groups is 1. The van der Waals surface area contributed by atoms with Crippen molar-refractivity contribution in [2.75, 3.05) is 5.32 Å². The Kier molecular flexibility index (Phi) is 5.87. The molecule has 1 unspecified atom stereocenters. The Labute approximate surface area is 168 Å². The molecule has 1 aromatic carbocycles. The molecule has 1 N–H and O–H groups in total. The summed E-state index contributed by atoms with van der Waals surface area (Å²) in [7, 11) is 0. The summed E-state index contributed by atoms with van der Waals surface area (Å²) in [5, 5.41) is 12.9. The predicted octanol–water partition coefficient (Wildman–Crippen LogP) is 4.64. The van der Waals surface area contributed by atoms with Gasteiger partial charge in [0.15, 0.2) is 0 Å². The number of anilines is 1. The Bertz CT molecular complexity index is 963. The van der Waals surface area contributed by atoms with Gasteiger partial charge in [0.05, 0.1) is 34.8 Å². The number of rotatable bonds is 6. The third kappa shape index (κ3) is 4.34. The number of benzene rings is 1.